The van der Waals surface area contributed by atoms with Crippen molar-refractivity contribution in [1.29, 1.82) is 0 Å². The van der Waals surface area contributed by atoms with E-state index in [1.165, 1.54) is 16.5 Å². The van der Waals surface area contributed by atoms with Gasteiger partial charge in [0.05, 0.1) is 17.2 Å². The van der Waals surface area contributed by atoms with Crippen molar-refractivity contribution in [3.8, 4) is 0 Å². The number of ether oxygens (including phenoxy) is 1. The summed E-state index contributed by atoms with van der Waals surface area (Å²) in [4.78, 5) is 40.8. The summed E-state index contributed by atoms with van der Waals surface area (Å²) >= 11 is 0. The van der Waals surface area contributed by atoms with Crippen LogP contribution in [0.15, 0.2) is 53.6 Å². The van der Waals surface area contributed by atoms with Crippen LogP contribution in [0.5, 0.6) is 0 Å². The van der Waals surface area contributed by atoms with E-state index in [1.807, 2.05) is 13.0 Å². The molecule has 0 aliphatic rings. The molecule has 0 spiro atoms. The van der Waals surface area contributed by atoms with Gasteiger partial charge in [0.2, 0.25) is 0 Å². The lowest BCUT2D eigenvalue weighted by Gasteiger charge is -2.09. The number of benzene rings is 2. The van der Waals surface area contributed by atoms with Crippen molar-refractivity contribution < 1.29 is 14.3 Å². The minimum atomic E-state index is -0.671. The van der Waals surface area contributed by atoms with E-state index < -0.39 is 5.97 Å². The summed E-state index contributed by atoms with van der Waals surface area (Å²) in [5.74, 6) is -0.573. The maximum absolute atomic E-state index is 12.5. The van der Waals surface area contributed by atoms with E-state index in [9.17, 15) is 14.4 Å². The van der Waals surface area contributed by atoms with Crippen LogP contribution < -0.4 is 10.9 Å². The van der Waals surface area contributed by atoms with E-state index in [2.05, 4.69) is 48.4 Å². The van der Waals surface area contributed by atoms with Crippen LogP contribution in [0.2, 0.25) is 0 Å². The first-order valence-corrected chi connectivity index (χ1v) is 10.3. The van der Waals surface area contributed by atoms with Gasteiger partial charge in [-0.2, -0.15) is 0 Å². The molecule has 1 N–H and O–H groups in total. The standard InChI is InChI=1S/C24H27N3O4/c1-16(2)19-9-7-18(8-10-19)11-12-25-21(28)14-31-22(29)13-27-15-26-23-17(3)5-4-6-20(23)24(27)30/h4-10,15-16H,11-14H2,1-3H3,(H,25,28). The molecule has 0 fully saturated rings. The van der Waals surface area contributed by atoms with Crippen molar-refractivity contribution in [1.82, 2.24) is 14.9 Å². The van der Waals surface area contributed by atoms with Gasteiger partial charge < -0.3 is 10.1 Å². The van der Waals surface area contributed by atoms with Crippen LogP contribution >= 0.6 is 0 Å². The molecule has 1 heterocycles. The number of amides is 1. The fourth-order valence-corrected chi connectivity index (χ4v) is 3.25. The molecule has 0 aliphatic heterocycles. The van der Waals surface area contributed by atoms with Gasteiger partial charge in [-0.1, -0.05) is 50.2 Å². The fraction of sp³-hybridized carbons (Fsp3) is 0.333. The number of para-hydroxylation sites is 1. The number of hydrogen-bond donors (Lipinski definition) is 1. The lowest BCUT2D eigenvalue weighted by Crippen LogP contribution is -2.32. The van der Waals surface area contributed by atoms with Crippen molar-refractivity contribution in [2.75, 3.05) is 13.2 Å². The topological polar surface area (TPSA) is 90.3 Å². The molecule has 0 radical (unpaired) electrons. The van der Waals surface area contributed by atoms with Crippen molar-refractivity contribution in [3.63, 3.8) is 0 Å². The average molecular weight is 421 g/mol. The highest BCUT2D eigenvalue weighted by atomic mass is 16.5. The van der Waals surface area contributed by atoms with Crippen LogP contribution in [0.3, 0.4) is 0 Å². The zero-order chi connectivity index (χ0) is 22.4. The summed E-state index contributed by atoms with van der Waals surface area (Å²) in [5, 5.41) is 3.17. The van der Waals surface area contributed by atoms with Crippen LogP contribution in [0.4, 0.5) is 0 Å². The second-order valence-electron chi connectivity index (χ2n) is 7.81. The normalized spacial score (nSPS) is 11.0. The SMILES string of the molecule is Cc1cccc2c(=O)n(CC(=O)OCC(=O)NCCc3ccc(C(C)C)cc3)cnc12. The molecule has 0 bridgehead atoms. The van der Waals surface area contributed by atoms with Gasteiger partial charge in [-0.15, -0.1) is 0 Å². The molecular weight excluding hydrogens is 394 g/mol. The molecule has 0 unspecified atom stereocenters. The minimum absolute atomic E-state index is 0.300. The zero-order valence-corrected chi connectivity index (χ0v) is 18.1. The molecule has 31 heavy (non-hydrogen) atoms. The Labute approximate surface area is 181 Å². The van der Waals surface area contributed by atoms with Gasteiger partial charge in [-0.3, -0.25) is 19.0 Å². The van der Waals surface area contributed by atoms with E-state index in [0.717, 1.165) is 11.1 Å². The number of nitrogens with one attached hydrogen (secondary N) is 1. The number of carbonyl (C=O) groups is 2. The summed E-state index contributed by atoms with van der Waals surface area (Å²) in [6.07, 6.45) is 2.01. The first-order valence-electron chi connectivity index (χ1n) is 10.3. The number of rotatable bonds is 8. The van der Waals surface area contributed by atoms with Gasteiger partial charge in [0.25, 0.3) is 11.5 Å². The molecule has 3 aromatic rings. The molecule has 7 heteroatoms. The highest BCUT2D eigenvalue weighted by Crippen LogP contribution is 2.14. The molecule has 0 saturated heterocycles. The Morgan fingerprint density at radius 3 is 2.58 bits per heavy atom. The zero-order valence-electron chi connectivity index (χ0n) is 18.1. The van der Waals surface area contributed by atoms with Crippen LogP contribution in [0, 0.1) is 6.92 Å². The number of fused-ring (bicyclic) bond motifs is 1. The number of nitrogens with zero attached hydrogens (tertiary/aromatic N) is 2. The molecular formula is C24H27N3O4. The Balaban J connectivity index is 1.45. The predicted molar refractivity (Wildman–Crippen MR) is 119 cm³/mol. The average Bonchev–Trinajstić information content (AvgIpc) is 2.75. The monoisotopic (exact) mass is 421 g/mol. The molecule has 3 rings (SSSR count). The second-order valence-corrected chi connectivity index (χ2v) is 7.81. The summed E-state index contributed by atoms with van der Waals surface area (Å²) in [5.41, 5.74) is 3.57. The quantitative estimate of drug-likeness (QED) is 0.565. The van der Waals surface area contributed by atoms with Gasteiger partial charge in [-0.25, -0.2) is 4.98 Å². The summed E-state index contributed by atoms with van der Waals surface area (Å²) in [6, 6.07) is 13.6. The van der Waals surface area contributed by atoms with Gasteiger partial charge in [0, 0.05) is 6.54 Å². The molecule has 162 valence electrons. The van der Waals surface area contributed by atoms with E-state index in [4.69, 9.17) is 4.74 Å². The molecule has 0 aliphatic carbocycles. The number of carbonyl (C=O) groups excluding carboxylic acids is 2. The third kappa shape index (κ3) is 5.78. The Morgan fingerprint density at radius 2 is 1.87 bits per heavy atom. The van der Waals surface area contributed by atoms with Gasteiger partial charge in [0.1, 0.15) is 6.54 Å². The summed E-state index contributed by atoms with van der Waals surface area (Å²) in [6.45, 7) is 5.91. The van der Waals surface area contributed by atoms with Crippen LogP contribution in [-0.4, -0.2) is 34.6 Å². The molecule has 0 atom stereocenters. The van der Waals surface area contributed by atoms with Crippen molar-refractivity contribution in [3.05, 3.63) is 75.8 Å². The largest absolute Gasteiger partial charge is 0.454 e. The lowest BCUT2D eigenvalue weighted by atomic mass is 10.0. The first-order chi connectivity index (χ1) is 14.8. The second kappa shape index (κ2) is 10.0. The molecule has 1 amide bonds. The Hall–Kier alpha value is -3.48. The predicted octanol–water partition coefficient (Wildman–Crippen LogP) is 2.73. The van der Waals surface area contributed by atoms with Crippen LogP contribution in [0.1, 0.15) is 36.5 Å². The Morgan fingerprint density at radius 1 is 1.13 bits per heavy atom. The molecule has 2 aromatic carbocycles. The molecule has 1 aromatic heterocycles. The van der Waals surface area contributed by atoms with Crippen molar-refractivity contribution >= 4 is 22.8 Å². The van der Waals surface area contributed by atoms with Gasteiger partial charge in [0.15, 0.2) is 6.61 Å². The Kier molecular flexibility index (Phi) is 7.18. The molecule has 7 nitrogen and oxygen atoms in total. The maximum Gasteiger partial charge on any atom is 0.326 e. The maximum atomic E-state index is 12.5. The summed E-state index contributed by atoms with van der Waals surface area (Å²) < 4.78 is 6.19. The third-order valence-corrected chi connectivity index (χ3v) is 5.10. The molecule has 0 saturated carbocycles. The highest BCUT2D eigenvalue weighted by molar-refractivity contribution is 5.82. The summed E-state index contributed by atoms with van der Waals surface area (Å²) in [7, 11) is 0. The lowest BCUT2D eigenvalue weighted by molar-refractivity contribution is -0.149. The number of aryl methyl sites for hydroxylation is 1. The fourth-order valence-electron chi connectivity index (χ4n) is 3.25. The van der Waals surface area contributed by atoms with Crippen LogP contribution in [0.25, 0.3) is 10.9 Å². The Bertz CT molecular complexity index is 1130. The number of hydrogen-bond acceptors (Lipinski definition) is 5. The smallest absolute Gasteiger partial charge is 0.326 e. The van der Waals surface area contributed by atoms with E-state index >= 15 is 0 Å². The van der Waals surface area contributed by atoms with Crippen LogP contribution in [-0.2, 0) is 27.3 Å². The third-order valence-electron chi connectivity index (χ3n) is 5.10. The first kappa shape index (κ1) is 22.2. The van der Waals surface area contributed by atoms with Gasteiger partial charge in [-0.05, 0) is 42.0 Å². The van der Waals surface area contributed by atoms with Gasteiger partial charge >= 0.3 is 5.97 Å². The van der Waals surface area contributed by atoms with E-state index in [0.29, 0.717) is 29.8 Å². The highest BCUT2D eigenvalue weighted by Gasteiger charge is 2.12. The van der Waals surface area contributed by atoms with Crippen molar-refractivity contribution in [2.45, 2.75) is 39.7 Å². The minimum Gasteiger partial charge on any atom is -0.454 e. The van der Waals surface area contributed by atoms with E-state index in [1.54, 1.807) is 12.1 Å². The number of esters is 1. The van der Waals surface area contributed by atoms with Crippen molar-refractivity contribution in [2.24, 2.45) is 0 Å². The number of aromatic nitrogens is 2. The van der Waals surface area contributed by atoms with E-state index in [-0.39, 0.29) is 24.6 Å².